The average molecular weight is 281 g/mol. The third-order valence-electron chi connectivity index (χ3n) is 2.60. The molecule has 0 aromatic heterocycles. The summed E-state index contributed by atoms with van der Waals surface area (Å²) in [5.41, 5.74) is 0. The van der Waals surface area contributed by atoms with E-state index in [0.29, 0.717) is 21.2 Å². The van der Waals surface area contributed by atoms with Crippen LogP contribution in [0.2, 0.25) is 0 Å². The molecule has 0 saturated heterocycles. The topological polar surface area (TPSA) is 0 Å². The molecule has 0 aliphatic heterocycles. The average Bonchev–Trinajstić information content (AvgIpc) is 2.14. The van der Waals surface area contributed by atoms with Crippen LogP contribution in [-0.4, -0.2) is 8.35 Å². The first-order valence-corrected chi connectivity index (χ1v) is 8.28. The first-order chi connectivity index (χ1) is 5.93. The van der Waals surface area contributed by atoms with Crippen molar-refractivity contribution in [3.05, 3.63) is 0 Å². The second-order valence-electron chi connectivity index (χ2n) is 3.79. The van der Waals surface area contributed by atoms with Gasteiger partial charge in [-0.1, -0.05) is 0 Å². The number of alkyl halides is 2. The molecule has 0 aromatic rings. The molecule has 0 aromatic carbocycles. The van der Waals surface area contributed by atoms with Crippen molar-refractivity contribution >= 4 is 0 Å². The zero-order chi connectivity index (χ0) is 8.65. The molecule has 1 fully saturated rings. The Morgan fingerprint density at radius 3 is 2.50 bits per heavy atom. The molecule has 0 N–H and O–H groups in total. The van der Waals surface area contributed by atoms with Crippen molar-refractivity contribution in [2.75, 3.05) is 4.43 Å². The van der Waals surface area contributed by atoms with Gasteiger partial charge in [0.05, 0.1) is 0 Å². The summed E-state index contributed by atoms with van der Waals surface area (Å²) in [4.78, 5) is 0. The van der Waals surface area contributed by atoms with Gasteiger partial charge in [-0.3, -0.25) is 0 Å². The van der Waals surface area contributed by atoms with Crippen molar-refractivity contribution in [1.29, 1.82) is 0 Å². The fraction of sp³-hybridized carbons (Fsp3) is 1.00. The van der Waals surface area contributed by atoms with Gasteiger partial charge in [0.1, 0.15) is 0 Å². The molecule has 0 heterocycles. The normalized spacial score (nSPS) is 20.1. The molecule has 0 nitrogen and oxygen atoms in total. The van der Waals surface area contributed by atoms with Crippen LogP contribution in [0.25, 0.3) is 0 Å². The number of hydrogen-bond donors (Lipinski definition) is 0. The van der Waals surface area contributed by atoms with Crippen LogP contribution in [0.3, 0.4) is 0 Å². The van der Waals surface area contributed by atoms with Gasteiger partial charge in [0.15, 0.2) is 0 Å². The quantitative estimate of drug-likeness (QED) is 0.393. The molecule has 12 heavy (non-hydrogen) atoms. The predicted molar refractivity (Wildman–Crippen MR) is 51.3 cm³/mol. The SMILES string of the molecule is CCCCC[I-]C1CCCCC1. The van der Waals surface area contributed by atoms with Crippen molar-refractivity contribution in [3.8, 4) is 0 Å². The molecule has 0 radical (unpaired) electrons. The van der Waals surface area contributed by atoms with Crippen molar-refractivity contribution in [2.45, 2.75) is 62.2 Å². The van der Waals surface area contributed by atoms with E-state index in [9.17, 15) is 0 Å². The van der Waals surface area contributed by atoms with Crippen LogP contribution in [0, 0.1) is 0 Å². The zero-order valence-electron chi connectivity index (χ0n) is 8.32. The second kappa shape index (κ2) is 7.16. The maximum atomic E-state index is 2.30. The van der Waals surface area contributed by atoms with E-state index < -0.39 is 0 Å². The van der Waals surface area contributed by atoms with Gasteiger partial charge in [0.2, 0.25) is 0 Å². The van der Waals surface area contributed by atoms with Gasteiger partial charge < -0.3 is 0 Å². The molecule has 1 heteroatoms. The van der Waals surface area contributed by atoms with Gasteiger partial charge in [-0.2, -0.15) is 0 Å². The molecule has 0 unspecified atom stereocenters. The summed E-state index contributed by atoms with van der Waals surface area (Å²) in [6.07, 6.45) is 12.2. The summed E-state index contributed by atoms with van der Waals surface area (Å²) in [5.74, 6) is 0. The Kier molecular flexibility index (Phi) is 6.45. The zero-order valence-corrected chi connectivity index (χ0v) is 10.5. The Bertz CT molecular complexity index is 95.2. The Morgan fingerprint density at radius 2 is 1.83 bits per heavy atom. The van der Waals surface area contributed by atoms with E-state index in [-0.39, 0.29) is 0 Å². The van der Waals surface area contributed by atoms with E-state index in [4.69, 9.17) is 0 Å². The fourth-order valence-electron chi connectivity index (χ4n) is 1.78. The number of rotatable bonds is 5. The maximum absolute atomic E-state index is 2.30. The molecular formula is C11H22I-. The Hall–Kier alpha value is 0.730. The van der Waals surface area contributed by atoms with E-state index >= 15 is 0 Å². The molecule has 1 rings (SSSR count). The monoisotopic (exact) mass is 281 g/mol. The Labute approximate surface area is 87.8 Å². The number of unbranched alkanes of at least 4 members (excludes halogenated alkanes) is 2. The second-order valence-corrected chi connectivity index (χ2v) is 7.51. The third-order valence-corrected chi connectivity index (χ3v) is 6.48. The molecule has 0 atom stereocenters. The first-order valence-electron chi connectivity index (χ1n) is 5.51. The summed E-state index contributed by atoms with van der Waals surface area (Å²) >= 11 is 0.591. The van der Waals surface area contributed by atoms with Crippen LogP contribution in [0.1, 0.15) is 58.3 Å². The molecule has 74 valence electrons. The first kappa shape index (κ1) is 10.8. The number of halogens is 1. The van der Waals surface area contributed by atoms with Crippen molar-refractivity contribution in [3.63, 3.8) is 0 Å². The van der Waals surface area contributed by atoms with Crippen molar-refractivity contribution in [2.24, 2.45) is 0 Å². The molecule has 1 aliphatic rings. The van der Waals surface area contributed by atoms with Gasteiger partial charge >= 0.3 is 87.8 Å². The summed E-state index contributed by atoms with van der Waals surface area (Å²) in [7, 11) is 0. The summed E-state index contributed by atoms with van der Waals surface area (Å²) < 4.78 is 2.83. The Balaban J connectivity index is 1.91. The van der Waals surface area contributed by atoms with Gasteiger partial charge in [-0.15, -0.1) is 0 Å². The van der Waals surface area contributed by atoms with Gasteiger partial charge in [-0.25, -0.2) is 0 Å². The molecular weight excluding hydrogens is 259 g/mol. The van der Waals surface area contributed by atoms with Crippen molar-refractivity contribution < 1.29 is 21.2 Å². The van der Waals surface area contributed by atoms with Crippen LogP contribution in [0.4, 0.5) is 0 Å². The predicted octanol–water partition coefficient (Wildman–Crippen LogP) is 0.598. The van der Waals surface area contributed by atoms with Crippen LogP contribution in [-0.2, 0) is 0 Å². The van der Waals surface area contributed by atoms with E-state index in [0.717, 1.165) is 0 Å². The van der Waals surface area contributed by atoms with Gasteiger partial charge in [0.25, 0.3) is 0 Å². The fourth-order valence-corrected chi connectivity index (χ4v) is 5.41. The van der Waals surface area contributed by atoms with Gasteiger partial charge in [-0.05, 0) is 0 Å². The molecule has 1 saturated carbocycles. The van der Waals surface area contributed by atoms with Crippen LogP contribution in [0.5, 0.6) is 0 Å². The van der Waals surface area contributed by atoms with E-state index in [2.05, 4.69) is 6.92 Å². The van der Waals surface area contributed by atoms with Crippen LogP contribution in [0.15, 0.2) is 0 Å². The summed E-state index contributed by atoms with van der Waals surface area (Å²) in [6.45, 7) is 2.30. The van der Waals surface area contributed by atoms with E-state index in [1.165, 1.54) is 42.4 Å². The minimum absolute atomic E-state index is 0.591. The number of hydrogen-bond acceptors (Lipinski definition) is 0. The molecule has 0 amide bonds. The van der Waals surface area contributed by atoms with Crippen LogP contribution < -0.4 is 21.2 Å². The molecule has 0 spiro atoms. The summed E-state index contributed by atoms with van der Waals surface area (Å²) in [5, 5.41) is 0. The third kappa shape index (κ3) is 4.68. The Morgan fingerprint density at radius 1 is 1.08 bits per heavy atom. The molecule has 0 bridgehead atoms. The standard InChI is InChI=1S/C11H22I/c1-2-3-7-10-12-11-8-5-4-6-9-11/h11H,2-10H2,1H3/q-1. The van der Waals surface area contributed by atoms with Crippen LogP contribution >= 0.6 is 0 Å². The summed E-state index contributed by atoms with van der Waals surface area (Å²) in [6, 6.07) is 0. The minimum atomic E-state index is 0.591. The van der Waals surface area contributed by atoms with Gasteiger partial charge in [0, 0.05) is 0 Å². The molecule has 1 aliphatic carbocycles. The van der Waals surface area contributed by atoms with Crippen molar-refractivity contribution in [1.82, 2.24) is 0 Å². The van der Waals surface area contributed by atoms with E-state index in [1.54, 1.807) is 17.3 Å². The van der Waals surface area contributed by atoms with E-state index in [1.807, 2.05) is 0 Å².